The number of nitrogens with one attached hydrogen (secondary N) is 1. The van der Waals surface area contributed by atoms with Gasteiger partial charge in [0.2, 0.25) is 0 Å². The third kappa shape index (κ3) is 3.28. The molecule has 0 aliphatic rings. The first-order chi connectivity index (χ1) is 8.88. The number of anilines is 2. The topological polar surface area (TPSA) is 85.1 Å². The predicted octanol–water partition coefficient (Wildman–Crippen LogP) is 2.77. The molecule has 0 bridgehead atoms. The summed E-state index contributed by atoms with van der Waals surface area (Å²) < 4.78 is 26.6. The van der Waals surface area contributed by atoms with Crippen LogP contribution < -0.4 is 10.5 Å². The summed E-state index contributed by atoms with van der Waals surface area (Å²) in [7, 11) is -3.83. The molecular formula is C11H9Cl2N3O2S. The van der Waals surface area contributed by atoms with Crippen molar-refractivity contribution in [1.29, 1.82) is 0 Å². The van der Waals surface area contributed by atoms with E-state index in [2.05, 4.69) is 9.71 Å². The van der Waals surface area contributed by atoms with Crippen LogP contribution in [0, 0.1) is 0 Å². The Morgan fingerprint density at radius 1 is 1.16 bits per heavy atom. The van der Waals surface area contributed by atoms with Crippen LogP contribution in [-0.4, -0.2) is 13.4 Å². The number of aromatic nitrogens is 1. The fraction of sp³-hybridized carbons (Fsp3) is 0. The summed E-state index contributed by atoms with van der Waals surface area (Å²) in [5.41, 5.74) is 5.70. The molecule has 0 atom stereocenters. The molecule has 1 aromatic heterocycles. The fourth-order valence-electron chi connectivity index (χ4n) is 1.36. The second kappa shape index (κ2) is 5.24. The Bertz CT molecular complexity index is 702. The van der Waals surface area contributed by atoms with Crippen molar-refractivity contribution in [3.05, 3.63) is 46.6 Å². The quantitative estimate of drug-likeness (QED) is 0.911. The minimum absolute atomic E-state index is 0.0836. The maximum atomic E-state index is 12.1. The van der Waals surface area contributed by atoms with Gasteiger partial charge in [-0.2, -0.15) is 0 Å². The molecule has 0 aliphatic heterocycles. The fourth-order valence-corrected chi connectivity index (χ4v) is 3.17. The molecule has 0 unspecified atom stereocenters. The van der Waals surface area contributed by atoms with Gasteiger partial charge in [-0.05, 0) is 30.3 Å². The SMILES string of the molecule is Nc1ccc(NS(=O)(=O)c2cc(Cl)ccc2Cl)cn1. The summed E-state index contributed by atoms with van der Waals surface area (Å²) in [6, 6.07) is 7.18. The third-order valence-corrected chi connectivity index (χ3v) is 4.32. The van der Waals surface area contributed by atoms with E-state index in [1.54, 1.807) is 0 Å². The van der Waals surface area contributed by atoms with Crippen LogP contribution in [0.15, 0.2) is 41.4 Å². The molecule has 0 radical (unpaired) electrons. The smallest absolute Gasteiger partial charge is 0.263 e. The molecule has 0 amide bonds. The molecular weight excluding hydrogens is 309 g/mol. The molecule has 2 rings (SSSR count). The van der Waals surface area contributed by atoms with Gasteiger partial charge in [0.15, 0.2) is 0 Å². The molecule has 8 heteroatoms. The van der Waals surface area contributed by atoms with Crippen molar-refractivity contribution in [3.63, 3.8) is 0 Å². The zero-order valence-electron chi connectivity index (χ0n) is 9.47. The highest BCUT2D eigenvalue weighted by Gasteiger charge is 2.18. The molecule has 1 heterocycles. The Morgan fingerprint density at radius 3 is 2.53 bits per heavy atom. The van der Waals surface area contributed by atoms with Gasteiger partial charge in [-0.25, -0.2) is 13.4 Å². The molecule has 0 fully saturated rings. The van der Waals surface area contributed by atoms with Crippen LogP contribution in [-0.2, 0) is 10.0 Å². The first-order valence-corrected chi connectivity index (χ1v) is 7.32. The van der Waals surface area contributed by atoms with Gasteiger partial charge in [-0.1, -0.05) is 23.2 Å². The van der Waals surface area contributed by atoms with Crippen molar-refractivity contribution in [1.82, 2.24) is 4.98 Å². The van der Waals surface area contributed by atoms with Crippen LogP contribution >= 0.6 is 23.2 Å². The lowest BCUT2D eigenvalue weighted by molar-refractivity contribution is 0.601. The molecule has 3 N–H and O–H groups in total. The van der Waals surface area contributed by atoms with Gasteiger partial charge in [0.05, 0.1) is 16.9 Å². The number of nitrogens with zero attached hydrogens (tertiary/aromatic N) is 1. The van der Waals surface area contributed by atoms with Crippen molar-refractivity contribution in [2.75, 3.05) is 10.5 Å². The van der Waals surface area contributed by atoms with E-state index in [1.165, 1.54) is 36.5 Å². The maximum Gasteiger partial charge on any atom is 0.263 e. The van der Waals surface area contributed by atoms with Crippen molar-refractivity contribution < 1.29 is 8.42 Å². The Kier molecular flexibility index (Phi) is 3.84. The van der Waals surface area contributed by atoms with E-state index in [1.807, 2.05) is 0 Å². The number of nitrogen functional groups attached to an aromatic ring is 1. The molecule has 2 aromatic rings. The van der Waals surface area contributed by atoms with Crippen LogP contribution in [0.4, 0.5) is 11.5 Å². The number of nitrogens with two attached hydrogens (primary N) is 1. The van der Waals surface area contributed by atoms with E-state index in [4.69, 9.17) is 28.9 Å². The number of rotatable bonds is 3. The second-order valence-electron chi connectivity index (χ2n) is 3.65. The van der Waals surface area contributed by atoms with Gasteiger partial charge in [-0.3, -0.25) is 4.72 Å². The van der Waals surface area contributed by atoms with Gasteiger partial charge in [0.25, 0.3) is 10.0 Å². The van der Waals surface area contributed by atoms with Gasteiger partial charge in [-0.15, -0.1) is 0 Å². The lowest BCUT2D eigenvalue weighted by Crippen LogP contribution is -2.13. The summed E-state index contributed by atoms with van der Waals surface area (Å²) in [5, 5.41) is 0.362. The highest BCUT2D eigenvalue weighted by Crippen LogP contribution is 2.26. The van der Waals surface area contributed by atoms with Gasteiger partial charge in [0.1, 0.15) is 10.7 Å². The molecule has 0 saturated heterocycles. The first kappa shape index (κ1) is 13.9. The van der Waals surface area contributed by atoms with Gasteiger partial charge >= 0.3 is 0 Å². The number of benzene rings is 1. The minimum atomic E-state index is -3.83. The Balaban J connectivity index is 2.37. The van der Waals surface area contributed by atoms with Crippen LogP contribution in [0.5, 0.6) is 0 Å². The van der Waals surface area contributed by atoms with Gasteiger partial charge < -0.3 is 5.73 Å². The average Bonchev–Trinajstić information content (AvgIpc) is 2.35. The second-order valence-corrected chi connectivity index (χ2v) is 6.15. The minimum Gasteiger partial charge on any atom is -0.384 e. The number of pyridine rings is 1. The summed E-state index contributed by atoms with van der Waals surface area (Å²) >= 11 is 11.6. The number of halogens is 2. The van der Waals surface area contributed by atoms with E-state index < -0.39 is 10.0 Å². The average molecular weight is 318 g/mol. The first-order valence-electron chi connectivity index (χ1n) is 5.08. The molecule has 19 heavy (non-hydrogen) atoms. The highest BCUT2D eigenvalue weighted by atomic mass is 35.5. The van der Waals surface area contributed by atoms with Crippen LogP contribution in [0.3, 0.4) is 0 Å². The van der Waals surface area contributed by atoms with Crippen LogP contribution in [0.25, 0.3) is 0 Å². The Hall–Kier alpha value is -1.50. The Morgan fingerprint density at radius 2 is 1.89 bits per heavy atom. The number of sulfonamides is 1. The Labute approximate surface area is 120 Å². The van der Waals surface area contributed by atoms with E-state index in [9.17, 15) is 8.42 Å². The predicted molar refractivity (Wildman–Crippen MR) is 75.9 cm³/mol. The molecule has 0 saturated carbocycles. The molecule has 0 spiro atoms. The van der Waals surface area contributed by atoms with E-state index in [-0.39, 0.29) is 20.6 Å². The van der Waals surface area contributed by atoms with Crippen molar-refractivity contribution in [2.45, 2.75) is 4.90 Å². The standard InChI is InChI=1S/C11H9Cl2N3O2S/c12-7-1-3-9(13)10(5-7)19(17,18)16-8-2-4-11(14)15-6-8/h1-6,16H,(H2,14,15). The van der Waals surface area contributed by atoms with Crippen molar-refractivity contribution >= 4 is 44.7 Å². The zero-order valence-corrected chi connectivity index (χ0v) is 11.8. The molecule has 5 nitrogen and oxygen atoms in total. The van der Waals surface area contributed by atoms with E-state index >= 15 is 0 Å². The number of hydrogen-bond donors (Lipinski definition) is 2. The van der Waals surface area contributed by atoms with Gasteiger partial charge in [0, 0.05) is 5.02 Å². The monoisotopic (exact) mass is 317 g/mol. The molecule has 100 valence electrons. The summed E-state index contributed by atoms with van der Waals surface area (Å²) in [6.45, 7) is 0. The van der Waals surface area contributed by atoms with Crippen LogP contribution in [0.2, 0.25) is 10.0 Å². The van der Waals surface area contributed by atoms with Crippen molar-refractivity contribution in [2.24, 2.45) is 0 Å². The third-order valence-electron chi connectivity index (χ3n) is 2.22. The van der Waals surface area contributed by atoms with E-state index in [0.29, 0.717) is 5.82 Å². The largest absolute Gasteiger partial charge is 0.384 e. The van der Waals surface area contributed by atoms with E-state index in [0.717, 1.165) is 0 Å². The van der Waals surface area contributed by atoms with Crippen LogP contribution in [0.1, 0.15) is 0 Å². The van der Waals surface area contributed by atoms with Crippen molar-refractivity contribution in [3.8, 4) is 0 Å². The summed E-state index contributed by atoms with van der Waals surface area (Å²) in [4.78, 5) is 3.69. The lowest BCUT2D eigenvalue weighted by Gasteiger charge is -2.09. The summed E-state index contributed by atoms with van der Waals surface area (Å²) in [5.74, 6) is 0.295. The normalized spacial score (nSPS) is 11.3. The molecule has 0 aliphatic carbocycles. The zero-order chi connectivity index (χ0) is 14.0. The molecule has 1 aromatic carbocycles. The highest BCUT2D eigenvalue weighted by molar-refractivity contribution is 7.92. The number of hydrogen-bond acceptors (Lipinski definition) is 4. The summed E-state index contributed by atoms with van der Waals surface area (Å²) in [6.07, 6.45) is 1.31. The lowest BCUT2D eigenvalue weighted by atomic mass is 10.4. The maximum absolute atomic E-state index is 12.1.